The van der Waals surface area contributed by atoms with Gasteiger partial charge in [-0.1, -0.05) is 55.0 Å². The van der Waals surface area contributed by atoms with E-state index in [0.717, 1.165) is 11.8 Å². The molecule has 0 radical (unpaired) electrons. The molecular weight excluding hydrogens is 382 g/mol. The van der Waals surface area contributed by atoms with Crippen LogP contribution in [-0.4, -0.2) is 61.0 Å². The van der Waals surface area contributed by atoms with Crippen molar-refractivity contribution in [2.75, 3.05) is 26.7 Å². The molecule has 0 saturated carbocycles. The zero-order valence-electron chi connectivity index (χ0n) is 19.6. The molecule has 0 aliphatic carbocycles. The second kappa shape index (κ2) is 19.1. The van der Waals surface area contributed by atoms with Crippen LogP contribution in [0.3, 0.4) is 0 Å². The molecule has 1 atom stereocenters. The number of hydrogen-bond acceptors (Lipinski definition) is 4. The van der Waals surface area contributed by atoms with E-state index in [0.29, 0.717) is 6.41 Å². The lowest BCUT2D eigenvalue weighted by Gasteiger charge is -2.29. The summed E-state index contributed by atoms with van der Waals surface area (Å²) in [4.78, 5) is 34.1. The second-order valence-electron chi connectivity index (χ2n) is 8.56. The van der Waals surface area contributed by atoms with Crippen LogP contribution >= 0.6 is 0 Å². The van der Waals surface area contributed by atoms with Crippen molar-refractivity contribution in [3.05, 3.63) is 11.6 Å². The van der Waals surface area contributed by atoms with Crippen molar-refractivity contribution in [2.45, 2.75) is 74.8 Å². The van der Waals surface area contributed by atoms with Crippen LogP contribution in [0.15, 0.2) is 11.6 Å². The van der Waals surface area contributed by atoms with E-state index in [-0.39, 0.29) is 37.4 Å². The Balaban J connectivity index is -0.000000496. The molecule has 0 unspecified atom stereocenters. The van der Waals surface area contributed by atoms with Crippen LogP contribution in [0.5, 0.6) is 0 Å². The second-order valence-corrected chi connectivity index (χ2v) is 8.56. The van der Waals surface area contributed by atoms with E-state index in [1.54, 1.807) is 13.1 Å². The summed E-state index contributed by atoms with van der Waals surface area (Å²) in [6.45, 7) is 16.5. The number of hydrogen-bond donors (Lipinski definition) is 3. The Kier molecular flexibility index (Phi) is 20.9. The molecule has 3 N–H and O–H groups in total. The summed E-state index contributed by atoms with van der Waals surface area (Å²) < 4.78 is 0. The number of nitrogens with zero attached hydrogens (tertiary/aromatic N) is 1. The Bertz CT molecular complexity index is 496. The Morgan fingerprint density at radius 1 is 1.17 bits per heavy atom. The fourth-order valence-corrected chi connectivity index (χ4v) is 2.47. The van der Waals surface area contributed by atoms with Crippen molar-refractivity contribution in [3.8, 4) is 0 Å². The van der Waals surface area contributed by atoms with Crippen LogP contribution < -0.4 is 10.6 Å². The average Bonchev–Trinajstić information content (AvgIpc) is 2.63. The summed E-state index contributed by atoms with van der Waals surface area (Å²) in [5.74, 6) is 0.605. The van der Waals surface area contributed by atoms with Crippen molar-refractivity contribution in [1.82, 2.24) is 15.5 Å². The molecule has 178 valence electrons. The van der Waals surface area contributed by atoms with Crippen molar-refractivity contribution in [2.24, 2.45) is 17.8 Å². The van der Waals surface area contributed by atoms with Gasteiger partial charge in [-0.05, 0) is 50.6 Å². The van der Waals surface area contributed by atoms with Crippen molar-refractivity contribution >= 4 is 18.3 Å². The maximum atomic E-state index is 11.7. The first kappa shape index (κ1) is 32.8. The molecule has 0 aromatic rings. The highest BCUT2D eigenvalue weighted by Crippen LogP contribution is 2.13. The number of nitrogens with one attached hydrogen (secondary N) is 2. The summed E-state index contributed by atoms with van der Waals surface area (Å²) in [7, 11) is 1.59. The molecule has 0 spiro atoms. The van der Waals surface area contributed by atoms with Gasteiger partial charge in [0.05, 0.1) is 12.6 Å². The number of carbonyl (C=O) groups excluding carboxylic acids is 2. The molecule has 1 fully saturated rings. The van der Waals surface area contributed by atoms with Gasteiger partial charge in [0.1, 0.15) is 0 Å². The number of amides is 2. The molecule has 1 aliphatic rings. The molecule has 1 heterocycles. The number of aliphatic carboxylic acids is 1. The van der Waals surface area contributed by atoms with Crippen LogP contribution in [0.1, 0.15) is 68.7 Å². The van der Waals surface area contributed by atoms with E-state index in [1.807, 2.05) is 13.8 Å². The number of carboxylic acid groups (broad SMARTS) is 1. The Morgan fingerprint density at radius 3 is 1.93 bits per heavy atom. The first-order chi connectivity index (χ1) is 13.4. The summed E-state index contributed by atoms with van der Waals surface area (Å²) in [5.41, 5.74) is 0.191. The van der Waals surface area contributed by atoms with Gasteiger partial charge in [0.15, 0.2) is 0 Å². The van der Waals surface area contributed by atoms with Gasteiger partial charge >= 0.3 is 5.97 Å². The molecule has 1 aliphatic heterocycles. The molecule has 1 saturated heterocycles. The fraction of sp³-hybridized carbons (Fsp3) is 0.783. The molecule has 7 nitrogen and oxygen atoms in total. The van der Waals surface area contributed by atoms with Gasteiger partial charge in [-0.25, -0.2) is 4.79 Å². The van der Waals surface area contributed by atoms with E-state index in [9.17, 15) is 14.4 Å². The zero-order valence-corrected chi connectivity index (χ0v) is 19.6. The molecule has 30 heavy (non-hydrogen) atoms. The van der Waals surface area contributed by atoms with Crippen LogP contribution in [0.4, 0.5) is 0 Å². The number of piperidine rings is 1. The van der Waals surface area contributed by atoms with Gasteiger partial charge in [0.2, 0.25) is 12.3 Å². The SMILES string of the molecule is C.C/C(=C\[C@H](C(C)C)N(C)C(=O)CNC=O)C(=O)O.CC(C)C.CC1CCNCC1. The highest BCUT2D eigenvalue weighted by atomic mass is 16.4. The Morgan fingerprint density at radius 2 is 1.63 bits per heavy atom. The predicted molar refractivity (Wildman–Crippen MR) is 125 cm³/mol. The summed E-state index contributed by atoms with van der Waals surface area (Å²) in [6, 6.07) is -0.318. The van der Waals surface area contributed by atoms with E-state index < -0.39 is 5.97 Å². The lowest BCUT2D eigenvalue weighted by molar-refractivity contribution is -0.133. The number of carboxylic acids is 1. The Labute approximate surface area is 184 Å². The standard InChI is InChI=1S/C12H20N2O4.C6H13N.C4H10.CH4/c1-8(2)10(5-9(3)12(17)18)14(4)11(16)6-13-7-15;1-6-2-4-7-5-3-6;1-4(2)3;/h5,7-8,10H,6H2,1-4H3,(H,13,15)(H,17,18);6-7H,2-5H2,1H3;4H,1-3H3;1H4/b9-5+;;;/t10-;;;/m1.../s1. The molecule has 1 rings (SSSR count). The average molecular weight is 430 g/mol. The molecule has 7 heteroatoms. The summed E-state index contributed by atoms with van der Waals surface area (Å²) in [6.07, 6.45) is 4.75. The van der Waals surface area contributed by atoms with Crippen molar-refractivity contribution in [3.63, 3.8) is 0 Å². The van der Waals surface area contributed by atoms with Crippen LogP contribution in [0.25, 0.3) is 0 Å². The van der Waals surface area contributed by atoms with Crippen molar-refractivity contribution < 1.29 is 19.5 Å². The molecule has 2 amide bonds. The van der Waals surface area contributed by atoms with Gasteiger partial charge in [0, 0.05) is 12.6 Å². The van der Waals surface area contributed by atoms with E-state index in [1.165, 1.54) is 37.8 Å². The largest absolute Gasteiger partial charge is 0.478 e. The number of carbonyl (C=O) groups is 3. The lowest BCUT2D eigenvalue weighted by Crippen LogP contribution is -2.43. The first-order valence-corrected chi connectivity index (χ1v) is 10.5. The van der Waals surface area contributed by atoms with Crippen LogP contribution in [0, 0.1) is 17.8 Å². The zero-order chi connectivity index (χ0) is 23.0. The van der Waals surface area contributed by atoms with Gasteiger partial charge in [0.25, 0.3) is 0 Å². The monoisotopic (exact) mass is 429 g/mol. The van der Waals surface area contributed by atoms with Gasteiger partial charge in [-0.15, -0.1) is 0 Å². The molecule has 0 bridgehead atoms. The van der Waals surface area contributed by atoms with Gasteiger partial charge in [-0.2, -0.15) is 0 Å². The van der Waals surface area contributed by atoms with E-state index in [2.05, 4.69) is 38.3 Å². The van der Waals surface area contributed by atoms with Crippen LogP contribution in [0.2, 0.25) is 0 Å². The third-order valence-electron chi connectivity index (χ3n) is 4.25. The summed E-state index contributed by atoms with van der Waals surface area (Å²) in [5, 5.41) is 14.4. The topological polar surface area (TPSA) is 98.7 Å². The minimum Gasteiger partial charge on any atom is -0.478 e. The molecule has 0 aromatic heterocycles. The maximum Gasteiger partial charge on any atom is 0.331 e. The predicted octanol–water partition coefficient (Wildman–Crippen LogP) is 3.55. The van der Waals surface area contributed by atoms with Gasteiger partial charge in [-0.3, -0.25) is 9.59 Å². The van der Waals surface area contributed by atoms with E-state index >= 15 is 0 Å². The van der Waals surface area contributed by atoms with Crippen LogP contribution in [-0.2, 0) is 14.4 Å². The highest BCUT2D eigenvalue weighted by Gasteiger charge is 2.21. The first-order valence-electron chi connectivity index (χ1n) is 10.5. The third kappa shape index (κ3) is 18.2. The van der Waals surface area contributed by atoms with Crippen molar-refractivity contribution in [1.29, 1.82) is 0 Å². The number of rotatable bonds is 7. The smallest absolute Gasteiger partial charge is 0.331 e. The number of likely N-dealkylation sites (N-methyl/N-ethyl adjacent to an activating group) is 1. The quantitative estimate of drug-likeness (QED) is 0.425. The normalized spacial score (nSPS) is 14.9. The fourth-order valence-electron chi connectivity index (χ4n) is 2.47. The molecular formula is C23H47N3O4. The lowest BCUT2D eigenvalue weighted by atomic mass is 10.00. The third-order valence-corrected chi connectivity index (χ3v) is 4.25. The Hall–Kier alpha value is -1.89. The van der Waals surface area contributed by atoms with E-state index in [4.69, 9.17) is 5.11 Å². The summed E-state index contributed by atoms with van der Waals surface area (Å²) >= 11 is 0. The molecule has 0 aromatic carbocycles. The minimum absolute atomic E-state index is 0. The van der Waals surface area contributed by atoms with Gasteiger partial charge < -0.3 is 20.6 Å². The minimum atomic E-state index is -1.01. The highest BCUT2D eigenvalue weighted by molar-refractivity contribution is 5.86. The maximum absolute atomic E-state index is 11.7.